The Kier molecular flexibility index (Phi) is 4.05. The molecule has 6 heteroatoms. The van der Waals surface area contributed by atoms with E-state index in [4.69, 9.17) is 0 Å². The molecule has 1 aliphatic carbocycles. The molecule has 112 valence electrons. The minimum Gasteiger partial charge on any atom is -0.352 e. The van der Waals surface area contributed by atoms with Gasteiger partial charge in [-0.1, -0.05) is 19.3 Å². The van der Waals surface area contributed by atoms with E-state index in [9.17, 15) is 9.59 Å². The molecule has 0 bridgehead atoms. The van der Waals surface area contributed by atoms with E-state index in [1.165, 1.54) is 41.5 Å². The number of nitrogens with one attached hydrogen (secondary N) is 1. The molecule has 0 unspecified atom stereocenters. The standard InChI is InChI=1S/C15H19N3O2S/c1-10-8-21-14-13(10)16-9-18(15(14)20)7-12(19)17-11-5-3-2-4-6-11/h8-9,11H,2-7H2,1H3,(H,17,19). The minimum absolute atomic E-state index is 0.0508. The molecule has 1 saturated carbocycles. The number of thiophene rings is 1. The van der Waals surface area contributed by atoms with E-state index >= 15 is 0 Å². The molecule has 1 N–H and O–H groups in total. The van der Waals surface area contributed by atoms with Crippen molar-refractivity contribution in [3.05, 3.63) is 27.6 Å². The lowest BCUT2D eigenvalue weighted by molar-refractivity contribution is -0.122. The van der Waals surface area contributed by atoms with E-state index < -0.39 is 0 Å². The van der Waals surface area contributed by atoms with E-state index in [0.717, 1.165) is 23.9 Å². The van der Waals surface area contributed by atoms with Crippen LogP contribution in [0.2, 0.25) is 0 Å². The van der Waals surface area contributed by atoms with Gasteiger partial charge in [-0.2, -0.15) is 0 Å². The number of hydrogen-bond acceptors (Lipinski definition) is 4. The average molecular weight is 305 g/mol. The number of amides is 1. The van der Waals surface area contributed by atoms with Crippen LogP contribution >= 0.6 is 11.3 Å². The zero-order valence-electron chi connectivity index (χ0n) is 12.1. The molecule has 2 aromatic rings. The fraction of sp³-hybridized carbons (Fsp3) is 0.533. The molecule has 0 atom stereocenters. The first-order chi connectivity index (χ1) is 10.1. The van der Waals surface area contributed by atoms with Crippen molar-refractivity contribution in [3.63, 3.8) is 0 Å². The number of rotatable bonds is 3. The summed E-state index contributed by atoms with van der Waals surface area (Å²) in [5.74, 6) is -0.0987. The first-order valence-corrected chi connectivity index (χ1v) is 8.25. The monoisotopic (exact) mass is 305 g/mol. The van der Waals surface area contributed by atoms with Crippen molar-refractivity contribution in [1.82, 2.24) is 14.9 Å². The van der Waals surface area contributed by atoms with Crippen LogP contribution in [0, 0.1) is 6.92 Å². The Bertz CT molecular complexity index is 713. The molecule has 1 fully saturated rings. The molecule has 1 aliphatic rings. The van der Waals surface area contributed by atoms with Crippen LogP contribution in [-0.4, -0.2) is 21.5 Å². The minimum atomic E-state index is -0.128. The summed E-state index contributed by atoms with van der Waals surface area (Å²) in [7, 11) is 0. The third kappa shape index (κ3) is 3.00. The molecule has 2 aromatic heterocycles. The average Bonchev–Trinajstić information content (AvgIpc) is 2.85. The fourth-order valence-electron chi connectivity index (χ4n) is 2.85. The van der Waals surface area contributed by atoms with Gasteiger partial charge in [0.15, 0.2) is 0 Å². The van der Waals surface area contributed by atoms with E-state index in [0.29, 0.717) is 4.70 Å². The first kappa shape index (κ1) is 14.3. The van der Waals surface area contributed by atoms with Crippen LogP contribution in [0.15, 0.2) is 16.5 Å². The van der Waals surface area contributed by atoms with Crippen molar-refractivity contribution >= 4 is 27.5 Å². The zero-order valence-corrected chi connectivity index (χ0v) is 12.9. The molecule has 0 saturated heterocycles. The molecule has 2 heterocycles. The Hall–Kier alpha value is -1.69. The van der Waals surface area contributed by atoms with Gasteiger partial charge in [0.05, 0.1) is 11.8 Å². The highest BCUT2D eigenvalue weighted by atomic mass is 32.1. The number of hydrogen-bond donors (Lipinski definition) is 1. The van der Waals surface area contributed by atoms with Gasteiger partial charge in [0.25, 0.3) is 5.56 Å². The van der Waals surface area contributed by atoms with Crippen LogP contribution in [0.3, 0.4) is 0 Å². The van der Waals surface area contributed by atoms with Crippen molar-refractivity contribution in [2.24, 2.45) is 0 Å². The Morgan fingerprint density at radius 3 is 2.95 bits per heavy atom. The van der Waals surface area contributed by atoms with Crippen LogP contribution in [-0.2, 0) is 11.3 Å². The molecule has 0 aromatic carbocycles. The fourth-order valence-corrected chi connectivity index (χ4v) is 3.80. The van der Waals surface area contributed by atoms with E-state index in [2.05, 4.69) is 10.3 Å². The van der Waals surface area contributed by atoms with Crippen molar-refractivity contribution in [1.29, 1.82) is 0 Å². The largest absolute Gasteiger partial charge is 0.352 e. The predicted octanol–water partition coefficient (Wildman–Crippen LogP) is 2.22. The summed E-state index contributed by atoms with van der Waals surface area (Å²) >= 11 is 1.39. The number of aromatic nitrogens is 2. The molecular weight excluding hydrogens is 286 g/mol. The maximum atomic E-state index is 12.3. The normalized spacial score (nSPS) is 16.2. The maximum Gasteiger partial charge on any atom is 0.271 e. The molecule has 5 nitrogen and oxygen atoms in total. The molecular formula is C15H19N3O2S. The van der Waals surface area contributed by atoms with Crippen LogP contribution in [0.4, 0.5) is 0 Å². The topological polar surface area (TPSA) is 64.0 Å². The Morgan fingerprint density at radius 1 is 1.43 bits per heavy atom. The SMILES string of the molecule is Cc1csc2c(=O)n(CC(=O)NC3CCCCC3)cnc12. The van der Waals surface area contributed by atoms with Gasteiger partial charge < -0.3 is 5.32 Å². The molecule has 3 rings (SSSR count). The summed E-state index contributed by atoms with van der Waals surface area (Å²) in [6.07, 6.45) is 7.17. The van der Waals surface area contributed by atoms with Crippen molar-refractivity contribution in [3.8, 4) is 0 Å². The van der Waals surface area contributed by atoms with Crippen LogP contribution < -0.4 is 10.9 Å². The lowest BCUT2D eigenvalue weighted by Crippen LogP contribution is -2.39. The summed E-state index contributed by atoms with van der Waals surface area (Å²) in [5.41, 5.74) is 1.62. The van der Waals surface area contributed by atoms with Gasteiger partial charge in [-0.3, -0.25) is 14.2 Å². The summed E-state index contributed by atoms with van der Waals surface area (Å²) in [5, 5.41) is 4.95. The third-order valence-electron chi connectivity index (χ3n) is 4.01. The number of nitrogens with zero attached hydrogens (tertiary/aromatic N) is 2. The van der Waals surface area contributed by atoms with Crippen molar-refractivity contribution in [2.45, 2.75) is 51.6 Å². The van der Waals surface area contributed by atoms with Crippen LogP contribution in [0.5, 0.6) is 0 Å². The van der Waals surface area contributed by atoms with Gasteiger partial charge in [0, 0.05) is 6.04 Å². The quantitative estimate of drug-likeness (QED) is 0.945. The second-order valence-corrected chi connectivity index (χ2v) is 6.56. The summed E-state index contributed by atoms with van der Waals surface area (Å²) in [6, 6.07) is 0.266. The molecule has 0 radical (unpaired) electrons. The maximum absolute atomic E-state index is 12.3. The van der Waals surface area contributed by atoms with Gasteiger partial charge in [0.2, 0.25) is 5.91 Å². The first-order valence-electron chi connectivity index (χ1n) is 7.38. The van der Waals surface area contributed by atoms with Gasteiger partial charge in [-0.15, -0.1) is 11.3 Å². The van der Waals surface area contributed by atoms with Crippen LogP contribution in [0.25, 0.3) is 10.2 Å². The van der Waals surface area contributed by atoms with Crippen LogP contribution in [0.1, 0.15) is 37.7 Å². The Labute approximate surface area is 127 Å². The van der Waals surface area contributed by atoms with Crippen molar-refractivity contribution in [2.75, 3.05) is 0 Å². The van der Waals surface area contributed by atoms with Gasteiger partial charge >= 0.3 is 0 Å². The third-order valence-corrected chi connectivity index (χ3v) is 5.08. The summed E-state index contributed by atoms with van der Waals surface area (Å²) in [4.78, 5) is 28.7. The van der Waals surface area contributed by atoms with Gasteiger partial charge in [-0.05, 0) is 30.7 Å². The highest BCUT2D eigenvalue weighted by Crippen LogP contribution is 2.19. The van der Waals surface area contributed by atoms with Crippen molar-refractivity contribution < 1.29 is 4.79 Å². The van der Waals surface area contributed by atoms with E-state index in [1.54, 1.807) is 0 Å². The molecule has 21 heavy (non-hydrogen) atoms. The number of fused-ring (bicyclic) bond motifs is 1. The Morgan fingerprint density at radius 2 is 2.19 bits per heavy atom. The highest BCUT2D eigenvalue weighted by Gasteiger charge is 2.17. The lowest BCUT2D eigenvalue weighted by Gasteiger charge is -2.22. The Balaban J connectivity index is 1.73. The zero-order chi connectivity index (χ0) is 14.8. The molecule has 0 aliphatic heterocycles. The number of carbonyl (C=O) groups excluding carboxylic acids is 1. The summed E-state index contributed by atoms with van der Waals surface area (Å²) < 4.78 is 2.02. The number of carbonyl (C=O) groups is 1. The van der Waals surface area contributed by atoms with E-state index in [1.807, 2.05) is 12.3 Å². The smallest absolute Gasteiger partial charge is 0.271 e. The highest BCUT2D eigenvalue weighted by molar-refractivity contribution is 7.17. The van der Waals surface area contributed by atoms with E-state index in [-0.39, 0.29) is 24.1 Å². The molecule has 0 spiro atoms. The predicted molar refractivity (Wildman–Crippen MR) is 83.6 cm³/mol. The second kappa shape index (κ2) is 5.97. The lowest BCUT2D eigenvalue weighted by atomic mass is 9.95. The van der Waals surface area contributed by atoms with Gasteiger partial charge in [-0.25, -0.2) is 4.98 Å². The van der Waals surface area contributed by atoms with Gasteiger partial charge in [0.1, 0.15) is 11.2 Å². The second-order valence-electron chi connectivity index (χ2n) is 5.68. The number of aryl methyl sites for hydroxylation is 1. The summed E-state index contributed by atoms with van der Waals surface area (Å²) in [6.45, 7) is 1.99. The molecule has 1 amide bonds.